The van der Waals surface area contributed by atoms with Crippen LogP contribution in [0.1, 0.15) is 25.8 Å². The molecule has 1 rings (SSSR count). The second-order valence-electron chi connectivity index (χ2n) is 5.42. The van der Waals surface area contributed by atoms with E-state index in [-0.39, 0.29) is 12.3 Å². The van der Waals surface area contributed by atoms with Gasteiger partial charge in [-0.3, -0.25) is 4.79 Å². The number of esters is 1. The quantitative estimate of drug-likeness (QED) is 0.743. The van der Waals surface area contributed by atoms with E-state index in [0.717, 1.165) is 5.56 Å². The number of nitrogens with one attached hydrogen (secondary N) is 1. The fourth-order valence-electron chi connectivity index (χ4n) is 2.03. The van der Waals surface area contributed by atoms with Gasteiger partial charge in [-0.1, -0.05) is 44.2 Å². The maximum atomic E-state index is 12.0. The van der Waals surface area contributed by atoms with Gasteiger partial charge < -0.3 is 15.2 Å². The number of methoxy groups -OCH3 is 1. The lowest BCUT2D eigenvalue weighted by molar-refractivity contribution is -0.146. The van der Waals surface area contributed by atoms with Gasteiger partial charge in [-0.25, -0.2) is 4.79 Å². The van der Waals surface area contributed by atoms with Gasteiger partial charge in [0, 0.05) is 6.42 Å². The maximum Gasteiger partial charge on any atom is 0.328 e. The molecule has 0 fully saturated rings. The van der Waals surface area contributed by atoms with E-state index in [4.69, 9.17) is 0 Å². The molecule has 21 heavy (non-hydrogen) atoms. The standard InChI is InChI=1S/C16H23NO4/c1-11(2)9-13(16(20)21-3)17-15(19)14(18)10-12-7-5-4-6-8-12/h4-8,11,13-14,18H,9-10H2,1-3H3,(H,17,19)/t13-,14+/m0/s1. The van der Waals surface area contributed by atoms with Crippen molar-refractivity contribution in [1.82, 2.24) is 5.32 Å². The molecule has 0 bridgehead atoms. The summed E-state index contributed by atoms with van der Waals surface area (Å²) < 4.78 is 4.68. The Kier molecular flexibility index (Phi) is 6.88. The van der Waals surface area contributed by atoms with Crippen molar-refractivity contribution in [2.45, 2.75) is 38.8 Å². The highest BCUT2D eigenvalue weighted by Gasteiger charge is 2.25. The summed E-state index contributed by atoms with van der Waals surface area (Å²) in [6.45, 7) is 3.89. The Bertz CT molecular complexity index is 459. The lowest BCUT2D eigenvalue weighted by Gasteiger charge is -2.20. The SMILES string of the molecule is COC(=O)[C@H](CC(C)C)NC(=O)[C@H](O)Cc1ccccc1. The number of rotatable bonds is 7. The fraction of sp³-hybridized carbons (Fsp3) is 0.500. The van der Waals surface area contributed by atoms with Crippen LogP contribution in [0.25, 0.3) is 0 Å². The topological polar surface area (TPSA) is 75.6 Å². The number of hydrogen-bond donors (Lipinski definition) is 2. The molecule has 2 N–H and O–H groups in total. The zero-order chi connectivity index (χ0) is 15.8. The number of hydrogen-bond acceptors (Lipinski definition) is 4. The monoisotopic (exact) mass is 293 g/mol. The Balaban J connectivity index is 2.61. The van der Waals surface area contributed by atoms with E-state index in [9.17, 15) is 14.7 Å². The molecule has 0 saturated carbocycles. The molecule has 0 heterocycles. The first-order valence-corrected chi connectivity index (χ1v) is 7.04. The number of aliphatic hydroxyl groups is 1. The number of amides is 1. The van der Waals surface area contributed by atoms with Crippen LogP contribution >= 0.6 is 0 Å². The molecule has 0 unspecified atom stereocenters. The smallest absolute Gasteiger partial charge is 0.328 e. The zero-order valence-corrected chi connectivity index (χ0v) is 12.7. The Morgan fingerprint density at radius 3 is 2.38 bits per heavy atom. The molecule has 0 aliphatic heterocycles. The van der Waals surface area contributed by atoms with Crippen LogP contribution in [0.15, 0.2) is 30.3 Å². The number of ether oxygens (including phenoxy) is 1. The molecule has 1 aromatic rings. The molecule has 5 nitrogen and oxygen atoms in total. The van der Waals surface area contributed by atoms with E-state index in [0.29, 0.717) is 6.42 Å². The Hall–Kier alpha value is -1.88. The highest BCUT2D eigenvalue weighted by Crippen LogP contribution is 2.08. The summed E-state index contributed by atoms with van der Waals surface area (Å²) in [7, 11) is 1.28. The molecule has 5 heteroatoms. The molecule has 0 aliphatic rings. The average Bonchev–Trinajstić information content (AvgIpc) is 2.46. The van der Waals surface area contributed by atoms with Crippen LogP contribution in [-0.2, 0) is 20.7 Å². The van der Waals surface area contributed by atoms with Crippen molar-refractivity contribution in [1.29, 1.82) is 0 Å². The predicted octanol–water partition coefficient (Wildman–Crippen LogP) is 1.29. The van der Waals surface area contributed by atoms with E-state index in [1.54, 1.807) is 0 Å². The summed E-state index contributed by atoms with van der Waals surface area (Å²) >= 11 is 0. The number of carbonyl (C=O) groups is 2. The van der Waals surface area contributed by atoms with Crippen molar-refractivity contribution in [3.63, 3.8) is 0 Å². The number of benzene rings is 1. The molecule has 1 amide bonds. The third-order valence-electron chi connectivity index (χ3n) is 3.08. The summed E-state index contributed by atoms with van der Waals surface area (Å²) in [5, 5.41) is 12.5. The molecule has 1 aromatic carbocycles. The van der Waals surface area contributed by atoms with Crippen LogP contribution < -0.4 is 5.32 Å². The first kappa shape index (κ1) is 17.2. The first-order valence-electron chi connectivity index (χ1n) is 7.04. The van der Waals surface area contributed by atoms with E-state index in [2.05, 4.69) is 10.1 Å². The van der Waals surface area contributed by atoms with Crippen molar-refractivity contribution in [3.8, 4) is 0 Å². The van der Waals surface area contributed by atoms with E-state index < -0.39 is 24.0 Å². The molecule has 116 valence electrons. The molecular weight excluding hydrogens is 270 g/mol. The van der Waals surface area contributed by atoms with Gasteiger partial charge in [-0.2, -0.15) is 0 Å². The van der Waals surface area contributed by atoms with Crippen LogP contribution in [-0.4, -0.2) is 36.2 Å². The Labute approximate surface area is 125 Å². The summed E-state index contributed by atoms with van der Waals surface area (Å²) in [6, 6.07) is 8.50. The van der Waals surface area contributed by atoms with Crippen molar-refractivity contribution in [2.24, 2.45) is 5.92 Å². The average molecular weight is 293 g/mol. The minimum absolute atomic E-state index is 0.211. The number of carbonyl (C=O) groups excluding carboxylic acids is 2. The van der Waals surface area contributed by atoms with Gasteiger partial charge in [0.2, 0.25) is 5.91 Å². The minimum atomic E-state index is -1.19. The fourth-order valence-corrected chi connectivity index (χ4v) is 2.03. The van der Waals surface area contributed by atoms with E-state index in [1.165, 1.54) is 7.11 Å². The van der Waals surface area contributed by atoms with Gasteiger partial charge >= 0.3 is 5.97 Å². The van der Waals surface area contributed by atoms with Crippen LogP contribution in [0.2, 0.25) is 0 Å². The van der Waals surface area contributed by atoms with Crippen molar-refractivity contribution in [3.05, 3.63) is 35.9 Å². The Morgan fingerprint density at radius 1 is 1.24 bits per heavy atom. The lowest BCUT2D eigenvalue weighted by Crippen LogP contribution is -2.47. The Morgan fingerprint density at radius 2 is 1.86 bits per heavy atom. The van der Waals surface area contributed by atoms with Gasteiger partial charge in [0.1, 0.15) is 12.1 Å². The summed E-state index contributed by atoms with van der Waals surface area (Å²) in [5.74, 6) is -0.834. The van der Waals surface area contributed by atoms with Crippen LogP contribution in [0.3, 0.4) is 0 Å². The van der Waals surface area contributed by atoms with Crippen molar-refractivity contribution in [2.75, 3.05) is 7.11 Å². The first-order chi connectivity index (χ1) is 9.93. The molecule has 2 atom stereocenters. The summed E-state index contributed by atoms with van der Waals surface area (Å²) in [4.78, 5) is 23.6. The van der Waals surface area contributed by atoms with Gasteiger partial charge in [-0.15, -0.1) is 0 Å². The molecule has 0 spiro atoms. The molecular formula is C16H23NO4. The predicted molar refractivity (Wildman–Crippen MR) is 79.6 cm³/mol. The molecule has 0 radical (unpaired) electrons. The van der Waals surface area contributed by atoms with Gasteiger partial charge in [0.05, 0.1) is 7.11 Å². The highest BCUT2D eigenvalue weighted by molar-refractivity contribution is 5.86. The number of aliphatic hydroxyl groups excluding tert-OH is 1. The van der Waals surface area contributed by atoms with Gasteiger partial charge in [0.15, 0.2) is 0 Å². The van der Waals surface area contributed by atoms with Crippen LogP contribution in [0.5, 0.6) is 0 Å². The second-order valence-corrected chi connectivity index (χ2v) is 5.42. The summed E-state index contributed by atoms with van der Waals surface area (Å²) in [5.41, 5.74) is 0.860. The molecule has 0 aromatic heterocycles. The van der Waals surface area contributed by atoms with E-state index >= 15 is 0 Å². The van der Waals surface area contributed by atoms with Crippen LogP contribution in [0, 0.1) is 5.92 Å². The molecule has 0 saturated heterocycles. The second kappa shape index (κ2) is 8.42. The summed E-state index contributed by atoms with van der Waals surface area (Å²) in [6.07, 6.45) is -0.509. The zero-order valence-electron chi connectivity index (χ0n) is 12.7. The van der Waals surface area contributed by atoms with Gasteiger partial charge in [-0.05, 0) is 17.9 Å². The van der Waals surface area contributed by atoms with E-state index in [1.807, 2.05) is 44.2 Å². The lowest BCUT2D eigenvalue weighted by atomic mass is 10.0. The largest absolute Gasteiger partial charge is 0.467 e. The third kappa shape index (κ3) is 5.95. The normalized spacial score (nSPS) is 13.6. The van der Waals surface area contributed by atoms with Crippen LogP contribution in [0.4, 0.5) is 0 Å². The minimum Gasteiger partial charge on any atom is -0.467 e. The highest BCUT2D eigenvalue weighted by atomic mass is 16.5. The van der Waals surface area contributed by atoms with Gasteiger partial charge in [0.25, 0.3) is 0 Å². The maximum absolute atomic E-state index is 12.0. The van der Waals surface area contributed by atoms with Crippen molar-refractivity contribution < 1.29 is 19.4 Å². The molecule has 0 aliphatic carbocycles. The van der Waals surface area contributed by atoms with Crippen molar-refractivity contribution >= 4 is 11.9 Å². The third-order valence-corrected chi connectivity index (χ3v) is 3.08.